The van der Waals surface area contributed by atoms with E-state index in [0.29, 0.717) is 12.5 Å². The van der Waals surface area contributed by atoms with Crippen molar-refractivity contribution in [2.24, 2.45) is 5.92 Å². The lowest BCUT2D eigenvalue weighted by Crippen LogP contribution is -2.46. The Bertz CT molecular complexity index is 300. The number of rotatable bonds is 8. The minimum atomic E-state index is -3.27. The van der Waals surface area contributed by atoms with E-state index in [1.165, 1.54) is 0 Å². The van der Waals surface area contributed by atoms with E-state index >= 15 is 0 Å². The van der Waals surface area contributed by atoms with Crippen molar-refractivity contribution >= 4 is 21.6 Å². The first-order valence-electron chi connectivity index (χ1n) is 6.37. The maximum Gasteiger partial charge on any atom is 0.218 e. The highest BCUT2D eigenvalue weighted by Gasteiger charge is 2.32. The molecular formula is C12H26ClNO2S. The minimum absolute atomic E-state index is 0.0908. The highest BCUT2D eigenvalue weighted by Crippen LogP contribution is 2.20. The Labute approximate surface area is 112 Å². The molecule has 104 valence electrons. The van der Waals surface area contributed by atoms with E-state index in [4.69, 9.17) is 11.6 Å². The first-order chi connectivity index (χ1) is 7.81. The van der Waals surface area contributed by atoms with E-state index in [0.717, 1.165) is 12.8 Å². The SMILES string of the molecule is CCC(CC)N(CC(C)C)S(=O)(=O)C(C)CCl. The van der Waals surface area contributed by atoms with Gasteiger partial charge in [-0.15, -0.1) is 11.6 Å². The van der Waals surface area contributed by atoms with Gasteiger partial charge in [-0.25, -0.2) is 8.42 Å². The Kier molecular flexibility index (Phi) is 7.68. The average Bonchev–Trinajstić information content (AvgIpc) is 2.27. The molecular weight excluding hydrogens is 258 g/mol. The fourth-order valence-corrected chi connectivity index (χ4v) is 4.15. The topological polar surface area (TPSA) is 37.4 Å². The zero-order valence-electron chi connectivity index (χ0n) is 11.6. The molecule has 0 rings (SSSR count). The van der Waals surface area contributed by atoms with Crippen LogP contribution in [0.15, 0.2) is 0 Å². The number of nitrogens with zero attached hydrogens (tertiary/aromatic N) is 1. The molecule has 3 nitrogen and oxygen atoms in total. The lowest BCUT2D eigenvalue weighted by molar-refractivity contribution is 0.275. The monoisotopic (exact) mass is 283 g/mol. The third kappa shape index (κ3) is 4.76. The van der Waals surface area contributed by atoms with Crippen molar-refractivity contribution in [2.45, 2.75) is 58.8 Å². The zero-order chi connectivity index (χ0) is 13.6. The van der Waals surface area contributed by atoms with Crippen LogP contribution in [0.2, 0.25) is 0 Å². The predicted molar refractivity (Wildman–Crippen MR) is 75.0 cm³/mol. The van der Waals surface area contributed by atoms with Crippen LogP contribution in [0.4, 0.5) is 0 Å². The summed E-state index contributed by atoms with van der Waals surface area (Å²) < 4.78 is 26.5. The second-order valence-electron chi connectivity index (χ2n) is 4.94. The van der Waals surface area contributed by atoms with Crippen LogP contribution in [-0.4, -0.2) is 36.4 Å². The van der Waals surface area contributed by atoms with Gasteiger partial charge in [0.15, 0.2) is 0 Å². The minimum Gasteiger partial charge on any atom is -0.212 e. The largest absolute Gasteiger partial charge is 0.218 e. The third-order valence-electron chi connectivity index (χ3n) is 2.95. The van der Waals surface area contributed by atoms with Crippen molar-refractivity contribution in [1.29, 1.82) is 0 Å². The predicted octanol–water partition coefficient (Wildman–Crippen LogP) is 3.09. The second-order valence-corrected chi connectivity index (χ2v) is 7.56. The van der Waals surface area contributed by atoms with Gasteiger partial charge in [0.2, 0.25) is 10.0 Å². The molecule has 0 radical (unpaired) electrons. The van der Waals surface area contributed by atoms with Crippen LogP contribution < -0.4 is 0 Å². The molecule has 5 heteroatoms. The van der Waals surface area contributed by atoms with Gasteiger partial charge in [0.25, 0.3) is 0 Å². The molecule has 0 bridgehead atoms. The van der Waals surface area contributed by atoms with Crippen LogP contribution >= 0.6 is 11.6 Å². The molecule has 17 heavy (non-hydrogen) atoms. The van der Waals surface area contributed by atoms with Gasteiger partial charge in [0.05, 0.1) is 5.25 Å². The summed E-state index contributed by atoms with van der Waals surface area (Å²) >= 11 is 5.70. The van der Waals surface area contributed by atoms with Gasteiger partial charge >= 0.3 is 0 Å². The lowest BCUT2D eigenvalue weighted by Gasteiger charge is -2.32. The summed E-state index contributed by atoms with van der Waals surface area (Å²) in [5.41, 5.74) is 0. The van der Waals surface area contributed by atoms with Crippen molar-refractivity contribution in [2.75, 3.05) is 12.4 Å². The van der Waals surface area contributed by atoms with Crippen LogP contribution in [0.1, 0.15) is 47.5 Å². The number of hydrogen-bond donors (Lipinski definition) is 0. The van der Waals surface area contributed by atoms with Gasteiger partial charge in [0, 0.05) is 18.5 Å². The van der Waals surface area contributed by atoms with E-state index in [-0.39, 0.29) is 11.9 Å². The lowest BCUT2D eigenvalue weighted by atomic mass is 10.1. The molecule has 0 N–H and O–H groups in total. The molecule has 0 amide bonds. The molecule has 0 aliphatic carbocycles. The number of alkyl halides is 1. The van der Waals surface area contributed by atoms with Gasteiger partial charge in [-0.1, -0.05) is 27.7 Å². The number of hydrogen-bond acceptors (Lipinski definition) is 2. The molecule has 0 aromatic heterocycles. The highest BCUT2D eigenvalue weighted by atomic mass is 35.5. The van der Waals surface area contributed by atoms with Crippen molar-refractivity contribution in [3.05, 3.63) is 0 Å². The Balaban J connectivity index is 5.16. The zero-order valence-corrected chi connectivity index (χ0v) is 13.2. The van der Waals surface area contributed by atoms with E-state index < -0.39 is 15.3 Å². The van der Waals surface area contributed by atoms with Crippen LogP contribution in [0.25, 0.3) is 0 Å². The van der Waals surface area contributed by atoms with E-state index in [2.05, 4.69) is 0 Å². The smallest absolute Gasteiger partial charge is 0.212 e. The number of sulfonamides is 1. The fraction of sp³-hybridized carbons (Fsp3) is 1.00. The van der Waals surface area contributed by atoms with Crippen molar-refractivity contribution in [3.63, 3.8) is 0 Å². The third-order valence-corrected chi connectivity index (χ3v) is 5.88. The molecule has 0 aliphatic rings. The molecule has 0 fully saturated rings. The Hall–Kier alpha value is 0.200. The van der Waals surface area contributed by atoms with Crippen LogP contribution in [-0.2, 0) is 10.0 Å². The molecule has 1 unspecified atom stereocenters. The molecule has 0 saturated carbocycles. The van der Waals surface area contributed by atoms with E-state index in [1.54, 1.807) is 11.2 Å². The average molecular weight is 284 g/mol. The molecule has 0 aromatic carbocycles. The summed E-state index contributed by atoms with van der Waals surface area (Å²) in [5, 5.41) is -0.511. The molecule has 0 aliphatic heterocycles. The van der Waals surface area contributed by atoms with Crippen LogP contribution in [0, 0.1) is 5.92 Å². The summed E-state index contributed by atoms with van der Waals surface area (Å²) in [6.45, 7) is 10.4. The van der Waals surface area contributed by atoms with Crippen molar-refractivity contribution in [1.82, 2.24) is 4.31 Å². The molecule has 1 atom stereocenters. The maximum absolute atomic E-state index is 12.4. The standard InChI is InChI=1S/C12H26ClNO2S/c1-6-12(7-2)14(9-10(3)4)17(15,16)11(5)8-13/h10-12H,6-9H2,1-5H3. The van der Waals surface area contributed by atoms with Crippen LogP contribution in [0.5, 0.6) is 0 Å². The molecule has 0 aromatic rings. The molecule has 0 heterocycles. The first kappa shape index (κ1) is 17.2. The van der Waals surface area contributed by atoms with Gasteiger partial charge in [-0.2, -0.15) is 4.31 Å². The molecule has 0 spiro atoms. The second kappa shape index (κ2) is 7.59. The van der Waals surface area contributed by atoms with Crippen LogP contribution in [0.3, 0.4) is 0 Å². The van der Waals surface area contributed by atoms with Gasteiger partial charge in [-0.3, -0.25) is 0 Å². The van der Waals surface area contributed by atoms with E-state index in [9.17, 15) is 8.42 Å². The van der Waals surface area contributed by atoms with Gasteiger partial charge in [0.1, 0.15) is 0 Å². The van der Waals surface area contributed by atoms with Gasteiger partial charge in [-0.05, 0) is 25.7 Å². The summed E-state index contributed by atoms with van der Waals surface area (Å²) in [5.74, 6) is 0.477. The van der Waals surface area contributed by atoms with E-state index in [1.807, 2.05) is 27.7 Å². The molecule has 0 saturated heterocycles. The summed E-state index contributed by atoms with van der Waals surface area (Å²) in [7, 11) is -3.27. The Morgan fingerprint density at radius 3 is 1.88 bits per heavy atom. The summed E-state index contributed by atoms with van der Waals surface area (Å²) in [4.78, 5) is 0. The first-order valence-corrected chi connectivity index (χ1v) is 8.41. The Morgan fingerprint density at radius 2 is 1.59 bits per heavy atom. The summed E-state index contributed by atoms with van der Waals surface area (Å²) in [6, 6.07) is 0.0908. The van der Waals surface area contributed by atoms with Gasteiger partial charge < -0.3 is 0 Å². The normalized spacial score (nSPS) is 14.9. The van der Waals surface area contributed by atoms with Crippen molar-refractivity contribution < 1.29 is 8.42 Å². The maximum atomic E-state index is 12.4. The highest BCUT2D eigenvalue weighted by molar-refractivity contribution is 7.89. The van der Waals surface area contributed by atoms with Crippen molar-refractivity contribution in [3.8, 4) is 0 Å². The Morgan fingerprint density at radius 1 is 1.12 bits per heavy atom. The quantitative estimate of drug-likeness (QED) is 0.642. The number of halogens is 1. The fourth-order valence-electron chi connectivity index (χ4n) is 1.83. The summed E-state index contributed by atoms with van der Waals surface area (Å²) in [6.07, 6.45) is 1.69.